The Bertz CT molecular complexity index is 1310. The van der Waals surface area contributed by atoms with Gasteiger partial charge in [-0.25, -0.2) is 4.98 Å². The summed E-state index contributed by atoms with van der Waals surface area (Å²) in [6, 6.07) is 21.2. The van der Waals surface area contributed by atoms with Crippen LogP contribution in [0.25, 0.3) is 22.4 Å². The largest absolute Gasteiger partial charge is 0.348 e. The molecular formula is C24H16BrN3O2S. The quantitative estimate of drug-likeness (QED) is 0.384. The predicted octanol–water partition coefficient (Wildman–Crippen LogP) is 5.74. The van der Waals surface area contributed by atoms with Crippen LogP contribution < -0.4 is 10.6 Å². The minimum atomic E-state index is -0.241. The molecule has 0 fully saturated rings. The first-order valence-corrected chi connectivity index (χ1v) is 11.3. The molecule has 4 aromatic rings. The average molecular weight is 490 g/mol. The van der Waals surface area contributed by atoms with Crippen LogP contribution in [0.3, 0.4) is 0 Å². The predicted molar refractivity (Wildman–Crippen MR) is 126 cm³/mol. The molecule has 0 spiro atoms. The van der Waals surface area contributed by atoms with Gasteiger partial charge in [0.15, 0.2) is 5.01 Å². The molecule has 2 heterocycles. The number of anilines is 1. The summed E-state index contributed by atoms with van der Waals surface area (Å²) in [5.41, 5.74) is 6.16. The molecule has 0 aliphatic carbocycles. The van der Waals surface area contributed by atoms with Gasteiger partial charge in [0.25, 0.3) is 11.8 Å². The third kappa shape index (κ3) is 3.89. The Morgan fingerprint density at radius 3 is 2.58 bits per heavy atom. The third-order valence-electron chi connectivity index (χ3n) is 5.12. The van der Waals surface area contributed by atoms with Crippen LogP contribution in [0, 0.1) is 0 Å². The molecule has 0 atom stereocenters. The Balaban J connectivity index is 1.33. The molecule has 31 heavy (non-hydrogen) atoms. The molecule has 5 nitrogen and oxygen atoms in total. The zero-order chi connectivity index (χ0) is 21.4. The Kier molecular flexibility index (Phi) is 5.13. The van der Waals surface area contributed by atoms with Crippen molar-refractivity contribution in [1.82, 2.24) is 10.3 Å². The summed E-state index contributed by atoms with van der Waals surface area (Å²) in [6.45, 7) is 0.535. The summed E-state index contributed by atoms with van der Waals surface area (Å²) < 4.78 is 0.966. The van der Waals surface area contributed by atoms with E-state index < -0.39 is 0 Å². The van der Waals surface area contributed by atoms with Crippen LogP contribution in [0.2, 0.25) is 0 Å². The van der Waals surface area contributed by atoms with Gasteiger partial charge in [0.05, 0.1) is 5.69 Å². The van der Waals surface area contributed by atoms with Crippen molar-refractivity contribution in [2.24, 2.45) is 0 Å². The van der Waals surface area contributed by atoms with E-state index in [1.165, 1.54) is 11.3 Å². The number of thiazole rings is 1. The highest BCUT2D eigenvalue weighted by Crippen LogP contribution is 2.30. The second-order valence-corrected chi connectivity index (χ2v) is 8.87. The second-order valence-electron chi connectivity index (χ2n) is 7.09. The van der Waals surface area contributed by atoms with E-state index in [2.05, 4.69) is 31.5 Å². The maximum Gasteiger partial charge on any atom is 0.284 e. The van der Waals surface area contributed by atoms with E-state index in [-0.39, 0.29) is 11.8 Å². The standard InChI is InChI=1S/C24H16BrN3O2S/c25-16-4-1-3-15(11-16)21-13-31-24(28-21)23(30)27-17-9-7-14(8-10-17)18-5-2-6-19-20(18)12-26-22(19)29/h1-11,13H,12H2,(H,26,29)(H,27,30). The van der Waals surface area contributed by atoms with Crippen LogP contribution in [0.5, 0.6) is 0 Å². The fraction of sp³-hybridized carbons (Fsp3) is 0.0417. The summed E-state index contributed by atoms with van der Waals surface area (Å²) in [7, 11) is 0. The van der Waals surface area contributed by atoms with Crippen LogP contribution in [0.1, 0.15) is 25.7 Å². The van der Waals surface area contributed by atoms with Gasteiger partial charge in [0, 0.05) is 33.2 Å². The number of benzene rings is 3. The lowest BCUT2D eigenvalue weighted by Crippen LogP contribution is -2.12. The van der Waals surface area contributed by atoms with Gasteiger partial charge in [-0.15, -0.1) is 11.3 Å². The van der Waals surface area contributed by atoms with Crippen LogP contribution in [-0.4, -0.2) is 16.8 Å². The number of rotatable bonds is 4. The Labute approximate surface area is 191 Å². The second kappa shape index (κ2) is 8.09. The van der Waals surface area contributed by atoms with Crippen molar-refractivity contribution in [2.75, 3.05) is 5.32 Å². The Morgan fingerprint density at radius 1 is 1.00 bits per heavy atom. The maximum absolute atomic E-state index is 12.7. The number of carbonyl (C=O) groups excluding carboxylic acids is 2. The number of amides is 2. The van der Waals surface area contributed by atoms with Crippen molar-refractivity contribution in [3.8, 4) is 22.4 Å². The summed E-state index contributed by atoms with van der Waals surface area (Å²) in [6.07, 6.45) is 0. The van der Waals surface area contributed by atoms with E-state index >= 15 is 0 Å². The molecule has 5 rings (SSSR count). The van der Waals surface area contributed by atoms with Crippen LogP contribution >= 0.6 is 27.3 Å². The summed E-state index contributed by atoms with van der Waals surface area (Å²) >= 11 is 4.77. The van der Waals surface area contributed by atoms with Gasteiger partial charge in [-0.05, 0) is 47.0 Å². The fourth-order valence-electron chi connectivity index (χ4n) is 3.60. The normalized spacial score (nSPS) is 12.4. The minimum Gasteiger partial charge on any atom is -0.348 e. The molecule has 0 radical (unpaired) electrons. The van der Waals surface area contributed by atoms with Gasteiger partial charge >= 0.3 is 0 Å². The lowest BCUT2D eigenvalue weighted by atomic mass is 9.97. The van der Waals surface area contributed by atoms with Crippen LogP contribution in [0.4, 0.5) is 5.69 Å². The lowest BCUT2D eigenvalue weighted by Gasteiger charge is -2.09. The first-order valence-electron chi connectivity index (χ1n) is 9.62. The van der Waals surface area contributed by atoms with Crippen LogP contribution in [-0.2, 0) is 6.54 Å². The molecule has 1 aliphatic heterocycles. The smallest absolute Gasteiger partial charge is 0.284 e. The number of carbonyl (C=O) groups is 2. The van der Waals surface area contributed by atoms with Crippen LogP contribution in [0.15, 0.2) is 76.6 Å². The molecule has 0 unspecified atom stereocenters. The highest BCUT2D eigenvalue weighted by Gasteiger charge is 2.21. The zero-order valence-corrected chi connectivity index (χ0v) is 18.6. The van der Waals surface area contributed by atoms with E-state index in [4.69, 9.17) is 0 Å². The summed E-state index contributed by atoms with van der Waals surface area (Å²) in [4.78, 5) is 29.0. The molecule has 3 aromatic carbocycles. The van der Waals surface area contributed by atoms with Crippen molar-refractivity contribution in [3.05, 3.63) is 92.7 Å². The van der Waals surface area contributed by atoms with E-state index in [9.17, 15) is 9.59 Å². The van der Waals surface area contributed by atoms with Crippen molar-refractivity contribution in [2.45, 2.75) is 6.54 Å². The monoisotopic (exact) mass is 489 g/mol. The van der Waals surface area contributed by atoms with Gasteiger partial charge in [-0.2, -0.15) is 0 Å². The number of nitrogens with zero attached hydrogens (tertiary/aromatic N) is 1. The van der Waals surface area contributed by atoms with Gasteiger partial charge < -0.3 is 10.6 Å². The van der Waals surface area contributed by atoms with Gasteiger partial charge in [-0.3, -0.25) is 9.59 Å². The number of hydrogen-bond acceptors (Lipinski definition) is 4. The molecule has 7 heteroatoms. The van der Waals surface area contributed by atoms with Gasteiger partial charge in [0.1, 0.15) is 0 Å². The SMILES string of the molecule is O=C(Nc1ccc(-c2cccc3c2CNC3=O)cc1)c1nc(-c2cccc(Br)c2)cs1. The summed E-state index contributed by atoms with van der Waals surface area (Å²) in [5.74, 6) is -0.277. The number of hydrogen-bond donors (Lipinski definition) is 2. The molecule has 2 amide bonds. The topological polar surface area (TPSA) is 71.1 Å². The van der Waals surface area contributed by atoms with E-state index in [0.717, 1.165) is 38.0 Å². The number of halogens is 1. The highest BCUT2D eigenvalue weighted by atomic mass is 79.9. The molecule has 2 N–H and O–H groups in total. The van der Waals surface area contributed by atoms with E-state index in [0.29, 0.717) is 17.2 Å². The molecular weight excluding hydrogens is 474 g/mol. The molecule has 0 bridgehead atoms. The van der Waals surface area contributed by atoms with Crippen molar-refractivity contribution in [1.29, 1.82) is 0 Å². The molecule has 1 aliphatic rings. The first-order chi connectivity index (χ1) is 15.1. The van der Waals surface area contributed by atoms with E-state index in [1.807, 2.05) is 72.1 Å². The van der Waals surface area contributed by atoms with Gasteiger partial charge in [-0.1, -0.05) is 52.3 Å². The molecule has 0 saturated carbocycles. The van der Waals surface area contributed by atoms with Crippen molar-refractivity contribution < 1.29 is 9.59 Å². The Hall–Kier alpha value is -3.29. The molecule has 1 aromatic heterocycles. The average Bonchev–Trinajstić information content (AvgIpc) is 3.42. The summed E-state index contributed by atoms with van der Waals surface area (Å²) in [5, 5.41) is 8.06. The number of nitrogens with one attached hydrogen (secondary N) is 2. The van der Waals surface area contributed by atoms with Crippen molar-refractivity contribution >= 4 is 44.8 Å². The maximum atomic E-state index is 12.7. The first kappa shape index (κ1) is 19.7. The third-order valence-corrected chi connectivity index (χ3v) is 6.45. The number of aromatic nitrogens is 1. The molecule has 0 saturated heterocycles. The lowest BCUT2D eigenvalue weighted by molar-refractivity contribution is 0.0964. The van der Waals surface area contributed by atoms with Gasteiger partial charge in [0.2, 0.25) is 0 Å². The Morgan fingerprint density at radius 2 is 1.77 bits per heavy atom. The fourth-order valence-corrected chi connectivity index (χ4v) is 4.72. The van der Waals surface area contributed by atoms with Crippen molar-refractivity contribution in [3.63, 3.8) is 0 Å². The molecule has 152 valence electrons. The zero-order valence-electron chi connectivity index (χ0n) is 16.2. The number of fused-ring (bicyclic) bond motifs is 1. The highest BCUT2D eigenvalue weighted by molar-refractivity contribution is 9.10. The minimum absolute atomic E-state index is 0.0357. The van der Waals surface area contributed by atoms with E-state index in [1.54, 1.807) is 0 Å².